The maximum Gasteiger partial charge on any atom is 0.573 e. The Balaban J connectivity index is 1.53. The highest BCUT2D eigenvalue weighted by Crippen LogP contribution is 2.37. The molecule has 0 amide bonds. The average molecular weight is 503 g/mol. The number of rotatable bonds is 8. The minimum Gasteiger partial charge on any atom is -0.406 e. The fourth-order valence-electron chi connectivity index (χ4n) is 4.45. The van der Waals surface area contributed by atoms with Gasteiger partial charge < -0.3 is 19.1 Å². The highest BCUT2D eigenvalue weighted by molar-refractivity contribution is 7.99. The van der Waals surface area contributed by atoms with Gasteiger partial charge >= 0.3 is 6.36 Å². The molecule has 2 aliphatic heterocycles. The standard InChI is InChI=1S/C22H29F3N4O4S/c1-31-9-6-19-26-20(33-27-19)17-12-16(15-2-4-18(5-3-15)32-22(23,24)25)13-29(14-17)21(30)28-7-10-34-11-8-28/h2-5,16-17,21,30H,6-14H2,1H3. The zero-order valence-corrected chi connectivity index (χ0v) is 19.7. The molecule has 0 radical (unpaired) electrons. The summed E-state index contributed by atoms with van der Waals surface area (Å²) in [6.45, 7) is 3.18. The molecule has 8 nitrogen and oxygen atoms in total. The number of aliphatic hydroxyl groups is 1. The molecule has 2 aliphatic rings. The van der Waals surface area contributed by atoms with E-state index in [1.165, 1.54) is 12.1 Å². The molecule has 3 heterocycles. The van der Waals surface area contributed by atoms with Gasteiger partial charge in [-0.2, -0.15) is 16.7 Å². The lowest BCUT2D eigenvalue weighted by Crippen LogP contribution is -2.55. The van der Waals surface area contributed by atoms with E-state index in [-0.39, 0.29) is 17.6 Å². The van der Waals surface area contributed by atoms with Crippen molar-refractivity contribution in [2.45, 2.75) is 37.4 Å². The van der Waals surface area contributed by atoms with Crippen molar-refractivity contribution in [3.05, 3.63) is 41.5 Å². The van der Waals surface area contributed by atoms with Crippen molar-refractivity contribution in [1.29, 1.82) is 0 Å². The Kier molecular flexibility index (Phi) is 8.35. The largest absolute Gasteiger partial charge is 0.573 e. The third-order valence-electron chi connectivity index (χ3n) is 6.13. The molecular weight excluding hydrogens is 473 g/mol. The summed E-state index contributed by atoms with van der Waals surface area (Å²) in [5, 5.41) is 15.2. The summed E-state index contributed by atoms with van der Waals surface area (Å²) >= 11 is 1.87. The summed E-state index contributed by atoms with van der Waals surface area (Å²) in [5.74, 6) is 2.57. The van der Waals surface area contributed by atoms with E-state index in [1.54, 1.807) is 19.2 Å². The van der Waals surface area contributed by atoms with Gasteiger partial charge in [-0.1, -0.05) is 17.3 Å². The summed E-state index contributed by atoms with van der Waals surface area (Å²) in [7, 11) is 1.61. The van der Waals surface area contributed by atoms with E-state index >= 15 is 0 Å². The maximum atomic E-state index is 12.5. The fourth-order valence-corrected chi connectivity index (χ4v) is 5.38. The number of ether oxygens (including phenoxy) is 2. The van der Waals surface area contributed by atoms with Gasteiger partial charge in [-0.3, -0.25) is 9.80 Å². The average Bonchev–Trinajstić information content (AvgIpc) is 3.31. The number of aromatic nitrogens is 2. The Morgan fingerprint density at radius 3 is 2.53 bits per heavy atom. The number of benzene rings is 1. The lowest BCUT2D eigenvalue weighted by Gasteiger charge is -2.43. The fraction of sp³-hybridized carbons (Fsp3) is 0.636. The lowest BCUT2D eigenvalue weighted by atomic mass is 9.84. The second-order valence-electron chi connectivity index (χ2n) is 8.49. The molecule has 188 valence electrons. The van der Waals surface area contributed by atoms with Crippen molar-refractivity contribution in [2.24, 2.45) is 0 Å². The molecule has 1 aromatic carbocycles. The number of aliphatic hydroxyl groups excluding tert-OH is 1. The summed E-state index contributed by atoms with van der Waals surface area (Å²) in [5.41, 5.74) is 0.866. The Hall–Kier alpha value is -1.86. The Labute approximate surface area is 200 Å². The molecule has 3 unspecified atom stereocenters. The van der Waals surface area contributed by atoms with Crippen LogP contribution in [0.4, 0.5) is 13.2 Å². The molecule has 1 aromatic heterocycles. The van der Waals surface area contributed by atoms with Crippen LogP contribution in [0.15, 0.2) is 28.8 Å². The van der Waals surface area contributed by atoms with Crippen molar-refractivity contribution in [2.75, 3.05) is 51.4 Å². The lowest BCUT2D eigenvalue weighted by molar-refractivity contribution is -0.274. The Morgan fingerprint density at radius 1 is 1.15 bits per heavy atom. The molecule has 0 saturated carbocycles. The summed E-state index contributed by atoms with van der Waals surface area (Å²) in [6.07, 6.45) is -4.28. The van der Waals surface area contributed by atoms with E-state index < -0.39 is 12.7 Å². The topological polar surface area (TPSA) is 84.1 Å². The molecule has 0 spiro atoms. The van der Waals surface area contributed by atoms with Crippen molar-refractivity contribution >= 4 is 11.8 Å². The zero-order chi connectivity index (χ0) is 24.1. The van der Waals surface area contributed by atoms with Gasteiger partial charge in [0.15, 0.2) is 12.2 Å². The van der Waals surface area contributed by atoms with E-state index in [2.05, 4.69) is 14.9 Å². The van der Waals surface area contributed by atoms with Crippen LogP contribution in [0.3, 0.4) is 0 Å². The third-order valence-corrected chi connectivity index (χ3v) is 7.07. The monoisotopic (exact) mass is 502 g/mol. The number of thioether (sulfide) groups is 1. The van der Waals surface area contributed by atoms with Crippen molar-refractivity contribution < 1.29 is 32.3 Å². The van der Waals surface area contributed by atoms with Crippen molar-refractivity contribution in [1.82, 2.24) is 19.9 Å². The minimum atomic E-state index is -4.73. The molecule has 0 bridgehead atoms. The van der Waals surface area contributed by atoms with Crippen molar-refractivity contribution in [3.8, 4) is 5.75 Å². The number of piperidine rings is 1. The number of nitrogens with zero attached hydrogens (tertiary/aromatic N) is 4. The van der Waals surface area contributed by atoms with Gasteiger partial charge in [-0.25, -0.2) is 0 Å². The Bertz CT molecular complexity index is 908. The molecule has 3 atom stereocenters. The maximum absolute atomic E-state index is 12.5. The smallest absolute Gasteiger partial charge is 0.406 e. The SMILES string of the molecule is COCCc1noc(C2CC(c3ccc(OC(F)(F)F)cc3)CN(C(O)N3CCSCC3)C2)n1. The van der Waals surface area contributed by atoms with Crippen LogP contribution in [-0.4, -0.2) is 89.2 Å². The van der Waals surface area contributed by atoms with Crippen LogP contribution in [0.5, 0.6) is 5.75 Å². The van der Waals surface area contributed by atoms with Crippen LogP contribution in [0, 0.1) is 0 Å². The van der Waals surface area contributed by atoms with Crippen molar-refractivity contribution in [3.63, 3.8) is 0 Å². The highest BCUT2D eigenvalue weighted by atomic mass is 32.2. The predicted molar refractivity (Wildman–Crippen MR) is 120 cm³/mol. The third kappa shape index (κ3) is 6.63. The Morgan fingerprint density at radius 2 is 1.85 bits per heavy atom. The van der Waals surface area contributed by atoms with Crippen LogP contribution in [0.2, 0.25) is 0 Å². The van der Waals surface area contributed by atoms with E-state index in [4.69, 9.17) is 9.26 Å². The number of hydrogen-bond acceptors (Lipinski definition) is 9. The number of likely N-dealkylation sites (tertiary alicyclic amines) is 1. The highest BCUT2D eigenvalue weighted by Gasteiger charge is 2.37. The van der Waals surface area contributed by atoms with Gasteiger partial charge in [0.2, 0.25) is 5.89 Å². The van der Waals surface area contributed by atoms with Gasteiger partial charge in [0.25, 0.3) is 0 Å². The van der Waals surface area contributed by atoms with Gasteiger partial charge in [-0.15, -0.1) is 13.2 Å². The van der Waals surface area contributed by atoms with Crippen LogP contribution in [0.25, 0.3) is 0 Å². The van der Waals surface area contributed by atoms with Crippen LogP contribution in [0.1, 0.15) is 35.5 Å². The van der Waals surface area contributed by atoms with Crippen LogP contribution in [-0.2, 0) is 11.2 Å². The molecule has 4 rings (SSSR count). The number of hydrogen-bond donors (Lipinski definition) is 1. The molecule has 12 heteroatoms. The number of methoxy groups -OCH3 is 1. The second kappa shape index (κ2) is 11.3. The predicted octanol–water partition coefficient (Wildman–Crippen LogP) is 3.05. The van der Waals surface area contributed by atoms with Crippen LogP contribution < -0.4 is 4.74 Å². The van der Waals surface area contributed by atoms with E-state index in [0.29, 0.717) is 44.3 Å². The first-order valence-corrected chi connectivity index (χ1v) is 12.4. The van der Waals surface area contributed by atoms with E-state index in [9.17, 15) is 18.3 Å². The first-order chi connectivity index (χ1) is 16.3. The molecule has 2 aromatic rings. The van der Waals surface area contributed by atoms with Gasteiger partial charge in [0, 0.05) is 51.2 Å². The molecule has 2 saturated heterocycles. The van der Waals surface area contributed by atoms with Gasteiger partial charge in [0.1, 0.15) is 5.75 Å². The molecule has 0 aliphatic carbocycles. The summed E-state index contributed by atoms with van der Waals surface area (Å²) in [4.78, 5) is 8.58. The first kappa shape index (κ1) is 25.2. The zero-order valence-electron chi connectivity index (χ0n) is 18.9. The van der Waals surface area contributed by atoms with Gasteiger partial charge in [-0.05, 0) is 30.0 Å². The minimum absolute atomic E-state index is 0.0400. The first-order valence-electron chi connectivity index (χ1n) is 11.2. The van der Waals surface area contributed by atoms with Crippen LogP contribution >= 0.6 is 11.8 Å². The quantitative estimate of drug-likeness (QED) is 0.586. The second-order valence-corrected chi connectivity index (χ2v) is 9.71. The number of alkyl halides is 3. The molecule has 2 fully saturated rings. The van der Waals surface area contributed by atoms with E-state index in [1.807, 2.05) is 21.6 Å². The van der Waals surface area contributed by atoms with E-state index in [0.717, 1.165) is 30.2 Å². The molecule has 1 N–H and O–H groups in total. The normalized spacial score (nSPS) is 23.7. The number of halogens is 3. The molecular formula is C22H29F3N4O4S. The van der Waals surface area contributed by atoms with Gasteiger partial charge in [0.05, 0.1) is 12.5 Å². The summed E-state index contributed by atoms with van der Waals surface area (Å²) in [6, 6.07) is 5.94. The summed E-state index contributed by atoms with van der Waals surface area (Å²) < 4.78 is 52.2. The molecule has 34 heavy (non-hydrogen) atoms.